The molecule has 0 saturated carbocycles. The summed E-state index contributed by atoms with van der Waals surface area (Å²) in [6.07, 6.45) is 2.64. The van der Waals surface area contributed by atoms with E-state index >= 15 is 0 Å². The Morgan fingerprint density at radius 2 is 2.00 bits per heavy atom. The molecule has 1 N–H and O–H groups in total. The van der Waals surface area contributed by atoms with Crippen molar-refractivity contribution in [3.63, 3.8) is 0 Å². The van der Waals surface area contributed by atoms with E-state index in [4.69, 9.17) is 0 Å². The molecule has 3 saturated heterocycles. The summed E-state index contributed by atoms with van der Waals surface area (Å²) in [5, 5.41) is 20.4. The van der Waals surface area contributed by atoms with Gasteiger partial charge in [0.25, 0.3) is 5.91 Å². The summed E-state index contributed by atoms with van der Waals surface area (Å²) in [6, 6.07) is 0. The molecule has 3 heteroatoms. The van der Waals surface area contributed by atoms with Crippen molar-refractivity contribution in [2.75, 3.05) is 13.1 Å². The third kappa shape index (κ3) is 0.856. The largest absolute Gasteiger partial charge is 0.351 e. The van der Waals surface area contributed by atoms with E-state index in [1.54, 1.807) is 4.90 Å². The van der Waals surface area contributed by atoms with Gasteiger partial charge < -0.3 is 5.11 Å². The maximum Gasteiger partial charge on any atom is 0.258 e. The van der Waals surface area contributed by atoms with Crippen LogP contribution in [-0.2, 0) is 5.11 Å². The average molecular weight is 142 g/mol. The van der Waals surface area contributed by atoms with Crippen LogP contribution >= 0.6 is 0 Å². The van der Waals surface area contributed by atoms with Crippen molar-refractivity contribution in [3.8, 4) is 0 Å². The summed E-state index contributed by atoms with van der Waals surface area (Å²) >= 11 is 0. The molecule has 1 unspecified atom stereocenters. The Morgan fingerprint density at radius 1 is 1.40 bits per heavy atom. The number of aliphatic hydroxyl groups is 1. The van der Waals surface area contributed by atoms with Gasteiger partial charge >= 0.3 is 0 Å². The summed E-state index contributed by atoms with van der Waals surface area (Å²) in [5.41, 5.74) is 0. The molecule has 3 rings (SSSR count). The first-order chi connectivity index (χ1) is 4.68. The standard InChI is InChI=1S/C7H12NO2/c9-7(10)5-6-1-3-8(7)4-2-6/h6,9H,1-5H2. The molecule has 3 fully saturated rings. The van der Waals surface area contributed by atoms with Crippen LogP contribution in [0.4, 0.5) is 0 Å². The molecule has 3 nitrogen and oxygen atoms in total. The average Bonchev–Trinajstić information content (AvgIpc) is 1.87. The third-order valence-corrected chi connectivity index (χ3v) is 2.66. The van der Waals surface area contributed by atoms with Crippen LogP contribution in [0.1, 0.15) is 19.3 Å². The monoisotopic (exact) mass is 142 g/mol. The summed E-state index contributed by atoms with van der Waals surface area (Å²) in [6.45, 7) is 1.59. The van der Waals surface area contributed by atoms with Gasteiger partial charge in [-0.15, -0.1) is 0 Å². The van der Waals surface area contributed by atoms with Crippen LogP contribution in [0.5, 0.6) is 0 Å². The highest BCUT2D eigenvalue weighted by molar-refractivity contribution is 4.85. The smallest absolute Gasteiger partial charge is 0.258 e. The fraction of sp³-hybridized carbons (Fsp3) is 1.00. The first kappa shape index (κ1) is 6.58. The van der Waals surface area contributed by atoms with E-state index in [2.05, 4.69) is 0 Å². The van der Waals surface area contributed by atoms with Crippen molar-refractivity contribution in [2.24, 2.45) is 5.92 Å². The van der Waals surface area contributed by atoms with Crippen molar-refractivity contribution in [1.82, 2.24) is 4.90 Å². The Balaban J connectivity index is 2.15. The fourth-order valence-corrected chi connectivity index (χ4v) is 1.99. The van der Waals surface area contributed by atoms with Crippen LogP contribution in [0, 0.1) is 5.92 Å². The van der Waals surface area contributed by atoms with Gasteiger partial charge in [-0.1, -0.05) is 0 Å². The lowest BCUT2D eigenvalue weighted by atomic mass is 9.86. The Morgan fingerprint density at radius 3 is 2.20 bits per heavy atom. The predicted octanol–water partition coefficient (Wildman–Crippen LogP) is 0.179. The van der Waals surface area contributed by atoms with E-state index in [1.807, 2.05) is 0 Å². The lowest BCUT2D eigenvalue weighted by Gasteiger charge is -2.46. The second-order valence-electron chi connectivity index (χ2n) is 3.38. The molecular formula is C7H12NO2. The van der Waals surface area contributed by atoms with Crippen molar-refractivity contribution in [2.45, 2.75) is 25.2 Å². The third-order valence-electron chi connectivity index (χ3n) is 2.66. The maximum absolute atomic E-state index is 11.2. The van der Waals surface area contributed by atoms with Gasteiger partial charge in [0.2, 0.25) is 0 Å². The first-order valence-electron chi connectivity index (χ1n) is 3.86. The summed E-state index contributed by atoms with van der Waals surface area (Å²) in [7, 11) is 0. The lowest BCUT2D eigenvalue weighted by molar-refractivity contribution is -0.333. The Labute approximate surface area is 60.3 Å². The van der Waals surface area contributed by atoms with Crippen LogP contribution in [0.15, 0.2) is 0 Å². The number of hydrogen-bond acceptors (Lipinski definition) is 2. The summed E-state index contributed by atoms with van der Waals surface area (Å²) < 4.78 is 0. The zero-order valence-electron chi connectivity index (χ0n) is 5.92. The van der Waals surface area contributed by atoms with Crippen molar-refractivity contribution < 1.29 is 10.2 Å². The van der Waals surface area contributed by atoms with E-state index in [9.17, 15) is 10.2 Å². The first-order valence-corrected chi connectivity index (χ1v) is 3.86. The molecule has 1 atom stereocenters. The normalized spacial score (nSPS) is 43.8. The molecule has 10 heavy (non-hydrogen) atoms. The van der Waals surface area contributed by atoms with Crippen LogP contribution in [0.25, 0.3) is 0 Å². The number of nitrogens with zero attached hydrogens (tertiary/aromatic N) is 1. The van der Waals surface area contributed by atoms with Gasteiger partial charge in [0.1, 0.15) is 0 Å². The molecule has 1 radical (unpaired) electrons. The van der Waals surface area contributed by atoms with Gasteiger partial charge in [-0.3, -0.25) is 4.90 Å². The van der Waals surface area contributed by atoms with E-state index < -0.39 is 5.91 Å². The van der Waals surface area contributed by atoms with Gasteiger partial charge in [-0.05, 0) is 18.8 Å². The Bertz CT molecular complexity index is 139. The molecule has 3 heterocycles. The molecule has 3 aliphatic heterocycles. The highest BCUT2D eigenvalue weighted by atomic mass is 16.5. The molecule has 0 aromatic carbocycles. The lowest BCUT2D eigenvalue weighted by Crippen LogP contribution is -2.57. The van der Waals surface area contributed by atoms with Gasteiger partial charge in [0.05, 0.1) is 0 Å². The minimum atomic E-state index is -1.72. The zero-order chi connectivity index (χ0) is 7.19. The highest BCUT2D eigenvalue weighted by Crippen LogP contribution is 2.35. The Kier molecular flexibility index (Phi) is 1.27. The van der Waals surface area contributed by atoms with Crippen LogP contribution in [-0.4, -0.2) is 29.0 Å². The van der Waals surface area contributed by atoms with Crippen molar-refractivity contribution >= 4 is 0 Å². The van der Waals surface area contributed by atoms with Crippen molar-refractivity contribution in [1.29, 1.82) is 0 Å². The molecule has 0 aromatic heterocycles. The topological polar surface area (TPSA) is 43.4 Å². The Hall–Kier alpha value is -0.120. The predicted molar refractivity (Wildman–Crippen MR) is 34.6 cm³/mol. The number of hydrogen-bond donors (Lipinski definition) is 1. The van der Waals surface area contributed by atoms with Crippen LogP contribution in [0.2, 0.25) is 0 Å². The number of piperidine rings is 3. The number of fused-ring (bicyclic) bond motifs is 3. The minimum Gasteiger partial charge on any atom is -0.351 e. The number of rotatable bonds is 0. The molecule has 0 amide bonds. The molecule has 3 aliphatic rings. The molecule has 0 spiro atoms. The molecule has 2 bridgehead atoms. The SMILES string of the molecule is [O]C1(O)CC2CCN1CC2. The van der Waals surface area contributed by atoms with Crippen LogP contribution < -0.4 is 0 Å². The van der Waals surface area contributed by atoms with Gasteiger partial charge in [-0.25, -0.2) is 0 Å². The highest BCUT2D eigenvalue weighted by Gasteiger charge is 2.44. The van der Waals surface area contributed by atoms with Crippen molar-refractivity contribution in [3.05, 3.63) is 0 Å². The van der Waals surface area contributed by atoms with Gasteiger partial charge in [-0.2, -0.15) is 5.11 Å². The second kappa shape index (κ2) is 1.94. The van der Waals surface area contributed by atoms with E-state index in [1.165, 1.54) is 0 Å². The summed E-state index contributed by atoms with van der Waals surface area (Å²) in [4.78, 5) is 1.65. The molecule has 57 valence electrons. The van der Waals surface area contributed by atoms with E-state index in [0.29, 0.717) is 12.3 Å². The molecule has 0 aromatic rings. The van der Waals surface area contributed by atoms with Gasteiger partial charge in [0, 0.05) is 19.5 Å². The molecule has 0 aliphatic carbocycles. The maximum atomic E-state index is 11.2. The molecular weight excluding hydrogens is 130 g/mol. The quantitative estimate of drug-likeness (QED) is 0.490. The van der Waals surface area contributed by atoms with Gasteiger partial charge in [0.15, 0.2) is 0 Å². The van der Waals surface area contributed by atoms with E-state index in [-0.39, 0.29) is 0 Å². The van der Waals surface area contributed by atoms with Crippen LogP contribution in [0.3, 0.4) is 0 Å². The minimum absolute atomic E-state index is 0.438. The zero-order valence-corrected chi connectivity index (χ0v) is 5.92. The summed E-state index contributed by atoms with van der Waals surface area (Å²) in [5.74, 6) is -1.23. The fourth-order valence-electron chi connectivity index (χ4n) is 1.99. The van der Waals surface area contributed by atoms with E-state index in [0.717, 1.165) is 25.9 Å². The second-order valence-corrected chi connectivity index (χ2v) is 3.38.